The van der Waals surface area contributed by atoms with Gasteiger partial charge in [0.2, 0.25) is 0 Å². The second-order valence-electron chi connectivity index (χ2n) is 8.84. The SMILES string of the molecule is CC1=CCC2C(CCC3C(C)(C)C(O)CCC23C)C(O)C1. The van der Waals surface area contributed by atoms with Crippen molar-refractivity contribution in [2.24, 2.45) is 28.6 Å². The molecular weight excluding hydrogens is 260 g/mol. The lowest BCUT2D eigenvalue weighted by molar-refractivity contribution is -0.160. The topological polar surface area (TPSA) is 40.5 Å². The molecule has 0 amide bonds. The van der Waals surface area contributed by atoms with Crippen LogP contribution in [0.25, 0.3) is 0 Å². The van der Waals surface area contributed by atoms with Crippen molar-refractivity contribution in [3.05, 3.63) is 11.6 Å². The van der Waals surface area contributed by atoms with Crippen molar-refractivity contribution in [1.82, 2.24) is 0 Å². The first-order valence-corrected chi connectivity index (χ1v) is 8.78. The molecule has 0 heterocycles. The Morgan fingerprint density at radius 2 is 1.81 bits per heavy atom. The standard InChI is InChI=1S/C19H32O2/c1-12-5-7-14-13(15(20)11-12)6-8-16-18(2,3)17(21)9-10-19(14,16)4/h5,13-17,20-21H,6-11H2,1-4H3. The molecule has 3 aliphatic carbocycles. The van der Waals surface area contributed by atoms with Crippen LogP contribution >= 0.6 is 0 Å². The van der Waals surface area contributed by atoms with Crippen LogP contribution in [0.5, 0.6) is 0 Å². The highest BCUT2D eigenvalue weighted by Gasteiger charge is 2.57. The summed E-state index contributed by atoms with van der Waals surface area (Å²) in [5, 5.41) is 21.1. The highest BCUT2D eigenvalue weighted by molar-refractivity contribution is 5.13. The first-order valence-electron chi connectivity index (χ1n) is 8.78. The smallest absolute Gasteiger partial charge is 0.0608 e. The van der Waals surface area contributed by atoms with Crippen LogP contribution in [0.3, 0.4) is 0 Å². The molecule has 2 fully saturated rings. The Morgan fingerprint density at radius 3 is 2.52 bits per heavy atom. The van der Waals surface area contributed by atoms with Gasteiger partial charge >= 0.3 is 0 Å². The maximum absolute atomic E-state index is 10.7. The third-order valence-electron chi connectivity index (χ3n) is 7.41. The average molecular weight is 292 g/mol. The highest BCUT2D eigenvalue weighted by atomic mass is 16.3. The van der Waals surface area contributed by atoms with Crippen molar-refractivity contribution >= 4 is 0 Å². The molecule has 6 unspecified atom stereocenters. The molecule has 6 atom stereocenters. The lowest BCUT2D eigenvalue weighted by atomic mass is 9.45. The van der Waals surface area contributed by atoms with Gasteiger partial charge in [-0.15, -0.1) is 0 Å². The third-order valence-corrected chi connectivity index (χ3v) is 7.41. The molecule has 3 aliphatic rings. The zero-order chi connectivity index (χ0) is 15.4. The molecule has 2 heteroatoms. The van der Waals surface area contributed by atoms with E-state index in [1.165, 1.54) is 5.57 Å². The second-order valence-corrected chi connectivity index (χ2v) is 8.84. The predicted molar refractivity (Wildman–Crippen MR) is 85.8 cm³/mol. The molecule has 120 valence electrons. The molecule has 2 nitrogen and oxygen atoms in total. The Kier molecular flexibility index (Phi) is 3.77. The van der Waals surface area contributed by atoms with Crippen LogP contribution < -0.4 is 0 Å². The number of allylic oxidation sites excluding steroid dienone is 1. The second kappa shape index (κ2) is 5.09. The molecular formula is C19H32O2. The summed E-state index contributed by atoms with van der Waals surface area (Å²) in [6.45, 7) is 9.13. The summed E-state index contributed by atoms with van der Waals surface area (Å²) in [5.41, 5.74) is 1.63. The minimum Gasteiger partial charge on any atom is -0.393 e. The molecule has 2 saturated carbocycles. The summed E-state index contributed by atoms with van der Waals surface area (Å²) in [5.74, 6) is 1.61. The monoisotopic (exact) mass is 292 g/mol. The summed E-state index contributed by atoms with van der Waals surface area (Å²) in [6, 6.07) is 0. The summed E-state index contributed by atoms with van der Waals surface area (Å²) in [6.07, 6.45) is 8.34. The van der Waals surface area contributed by atoms with Gasteiger partial charge in [-0.1, -0.05) is 32.4 Å². The molecule has 3 rings (SSSR count). The highest BCUT2D eigenvalue weighted by Crippen LogP contribution is 2.63. The molecule has 0 bridgehead atoms. The minimum atomic E-state index is -0.167. The van der Waals surface area contributed by atoms with E-state index in [9.17, 15) is 10.2 Å². The maximum atomic E-state index is 10.7. The Hall–Kier alpha value is -0.340. The van der Waals surface area contributed by atoms with Crippen molar-refractivity contribution < 1.29 is 10.2 Å². The Bertz CT molecular complexity index is 439. The number of hydrogen-bond donors (Lipinski definition) is 2. The average Bonchev–Trinajstić information content (AvgIpc) is 2.55. The summed E-state index contributed by atoms with van der Waals surface area (Å²) < 4.78 is 0. The maximum Gasteiger partial charge on any atom is 0.0608 e. The minimum absolute atomic E-state index is 0.00792. The van der Waals surface area contributed by atoms with Gasteiger partial charge < -0.3 is 10.2 Å². The van der Waals surface area contributed by atoms with Gasteiger partial charge in [0, 0.05) is 0 Å². The van der Waals surface area contributed by atoms with E-state index in [0.29, 0.717) is 17.8 Å². The summed E-state index contributed by atoms with van der Waals surface area (Å²) in [4.78, 5) is 0. The van der Waals surface area contributed by atoms with Gasteiger partial charge in [0.1, 0.15) is 0 Å². The van der Waals surface area contributed by atoms with Crippen molar-refractivity contribution in [1.29, 1.82) is 0 Å². The van der Waals surface area contributed by atoms with Crippen molar-refractivity contribution in [3.8, 4) is 0 Å². The van der Waals surface area contributed by atoms with Gasteiger partial charge in [-0.25, -0.2) is 0 Å². The molecule has 0 aromatic carbocycles. The molecule has 0 saturated heterocycles. The number of hydrogen-bond acceptors (Lipinski definition) is 2. The van der Waals surface area contributed by atoms with E-state index in [1.54, 1.807) is 0 Å². The van der Waals surface area contributed by atoms with Crippen LogP contribution in [-0.4, -0.2) is 22.4 Å². The van der Waals surface area contributed by atoms with Crippen LogP contribution in [0, 0.1) is 28.6 Å². The van der Waals surface area contributed by atoms with Gasteiger partial charge in [0.15, 0.2) is 0 Å². The van der Waals surface area contributed by atoms with Crippen LogP contribution in [0.1, 0.15) is 66.2 Å². The van der Waals surface area contributed by atoms with Gasteiger partial charge in [-0.3, -0.25) is 0 Å². The van der Waals surface area contributed by atoms with Crippen LogP contribution in [0.2, 0.25) is 0 Å². The zero-order valence-electron chi connectivity index (χ0n) is 14.1. The number of aliphatic hydroxyl groups excluding tert-OH is 2. The van der Waals surface area contributed by atoms with E-state index in [-0.39, 0.29) is 23.0 Å². The Morgan fingerprint density at radius 1 is 1.10 bits per heavy atom. The lowest BCUT2D eigenvalue weighted by Gasteiger charge is -2.61. The number of rotatable bonds is 0. The van der Waals surface area contributed by atoms with Crippen molar-refractivity contribution in [2.45, 2.75) is 78.4 Å². The quantitative estimate of drug-likeness (QED) is 0.664. The fourth-order valence-corrected chi connectivity index (χ4v) is 6.07. The molecule has 0 radical (unpaired) electrons. The van der Waals surface area contributed by atoms with Crippen molar-refractivity contribution in [3.63, 3.8) is 0 Å². The van der Waals surface area contributed by atoms with Gasteiger partial charge in [-0.2, -0.15) is 0 Å². The predicted octanol–water partition coefficient (Wildman–Crippen LogP) is 3.92. The zero-order valence-corrected chi connectivity index (χ0v) is 14.1. The molecule has 0 aromatic heterocycles. The summed E-state index contributed by atoms with van der Waals surface area (Å²) >= 11 is 0. The molecule has 0 aliphatic heterocycles. The van der Waals surface area contributed by atoms with E-state index in [2.05, 4.69) is 33.8 Å². The fraction of sp³-hybridized carbons (Fsp3) is 0.895. The third kappa shape index (κ3) is 2.30. The first-order chi connectivity index (χ1) is 9.76. The Labute approximate surface area is 129 Å². The van der Waals surface area contributed by atoms with Gasteiger partial charge in [-0.05, 0) is 74.0 Å². The molecule has 21 heavy (non-hydrogen) atoms. The molecule has 0 aromatic rings. The van der Waals surface area contributed by atoms with Crippen molar-refractivity contribution in [2.75, 3.05) is 0 Å². The largest absolute Gasteiger partial charge is 0.393 e. The van der Waals surface area contributed by atoms with E-state index in [0.717, 1.165) is 38.5 Å². The first kappa shape index (κ1) is 15.6. The van der Waals surface area contributed by atoms with E-state index < -0.39 is 0 Å². The normalized spacial score (nSPS) is 49.6. The lowest BCUT2D eigenvalue weighted by Crippen LogP contribution is -2.57. The van der Waals surface area contributed by atoms with Gasteiger partial charge in [0.05, 0.1) is 12.2 Å². The molecule has 0 spiro atoms. The van der Waals surface area contributed by atoms with E-state index in [1.807, 2.05) is 0 Å². The van der Waals surface area contributed by atoms with Gasteiger partial charge in [0.25, 0.3) is 0 Å². The summed E-state index contributed by atoms with van der Waals surface area (Å²) in [7, 11) is 0. The van der Waals surface area contributed by atoms with E-state index >= 15 is 0 Å². The number of aliphatic hydroxyl groups is 2. The van der Waals surface area contributed by atoms with Crippen LogP contribution in [-0.2, 0) is 0 Å². The van der Waals surface area contributed by atoms with E-state index in [4.69, 9.17) is 0 Å². The van der Waals surface area contributed by atoms with Crippen LogP contribution in [0.4, 0.5) is 0 Å². The number of fused-ring (bicyclic) bond motifs is 3. The molecule has 2 N–H and O–H groups in total. The fourth-order valence-electron chi connectivity index (χ4n) is 6.07. The van der Waals surface area contributed by atoms with Crippen LogP contribution in [0.15, 0.2) is 11.6 Å². The Balaban J connectivity index is 1.96.